The Morgan fingerprint density at radius 1 is 0.946 bits per heavy atom. The summed E-state index contributed by atoms with van der Waals surface area (Å²) in [5.41, 5.74) is 1.54. The number of nitrogens with zero attached hydrogens (tertiary/aromatic N) is 2. The number of hydrogen-bond acceptors (Lipinski definition) is 5. The predicted octanol–water partition coefficient (Wildman–Crippen LogP) is 4.99. The van der Waals surface area contributed by atoms with Crippen LogP contribution in [0.25, 0.3) is 0 Å². The molecule has 0 radical (unpaired) electrons. The van der Waals surface area contributed by atoms with Crippen LogP contribution in [-0.4, -0.2) is 42.5 Å². The fourth-order valence-corrected chi connectivity index (χ4v) is 4.01. The van der Waals surface area contributed by atoms with Crippen LogP contribution in [0.15, 0.2) is 72.8 Å². The van der Waals surface area contributed by atoms with E-state index in [0.717, 1.165) is 11.3 Å². The van der Waals surface area contributed by atoms with E-state index in [4.69, 9.17) is 9.47 Å². The Balaban J connectivity index is 1.53. The number of imide groups is 1. The van der Waals surface area contributed by atoms with E-state index in [0.29, 0.717) is 35.0 Å². The number of carbonyl (C=O) groups excluding carboxylic acids is 3. The molecule has 4 amide bonds. The van der Waals surface area contributed by atoms with E-state index < -0.39 is 29.7 Å². The summed E-state index contributed by atoms with van der Waals surface area (Å²) in [5, 5.41) is 2.78. The maximum absolute atomic E-state index is 13.4. The molecule has 37 heavy (non-hydrogen) atoms. The van der Waals surface area contributed by atoms with Crippen LogP contribution in [-0.2, 0) is 16.1 Å². The van der Waals surface area contributed by atoms with Crippen molar-refractivity contribution in [3.05, 3.63) is 84.2 Å². The van der Waals surface area contributed by atoms with Crippen molar-refractivity contribution in [3.63, 3.8) is 0 Å². The number of methoxy groups -OCH3 is 1. The van der Waals surface area contributed by atoms with Gasteiger partial charge in [-0.2, -0.15) is 0 Å². The Morgan fingerprint density at radius 3 is 2.22 bits per heavy atom. The second-order valence-corrected chi connectivity index (χ2v) is 8.55. The van der Waals surface area contributed by atoms with Gasteiger partial charge in [-0.15, -0.1) is 0 Å². The molecule has 0 aromatic heterocycles. The molecule has 0 aliphatic carbocycles. The smallest absolute Gasteiger partial charge is 0.332 e. The van der Waals surface area contributed by atoms with E-state index in [1.807, 2.05) is 6.92 Å². The third kappa shape index (κ3) is 6.06. The summed E-state index contributed by atoms with van der Waals surface area (Å²) in [6.45, 7) is 2.65. The lowest BCUT2D eigenvalue weighted by Gasteiger charge is -2.21. The van der Waals surface area contributed by atoms with Crippen LogP contribution in [0.5, 0.6) is 11.5 Å². The number of halogens is 1. The Labute approximate surface area is 214 Å². The van der Waals surface area contributed by atoms with E-state index in [1.54, 1.807) is 60.7 Å². The lowest BCUT2D eigenvalue weighted by Crippen LogP contribution is -2.37. The molecule has 3 aromatic rings. The molecule has 192 valence electrons. The van der Waals surface area contributed by atoms with Crippen LogP contribution in [0.4, 0.5) is 20.6 Å². The summed E-state index contributed by atoms with van der Waals surface area (Å²) < 4.78 is 24.1. The van der Waals surface area contributed by atoms with Gasteiger partial charge in [0, 0.05) is 12.2 Å². The number of nitrogens with one attached hydrogen (secondary N) is 1. The van der Waals surface area contributed by atoms with Gasteiger partial charge in [0.2, 0.25) is 5.91 Å². The molecule has 4 rings (SSSR count). The molecule has 1 atom stereocenters. The number of benzene rings is 3. The highest BCUT2D eigenvalue weighted by Gasteiger charge is 2.46. The second-order valence-electron chi connectivity index (χ2n) is 8.55. The van der Waals surface area contributed by atoms with Crippen molar-refractivity contribution in [2.75, 3.05) is 23.9 Å². The zero-order valence-electron chi connectivity index (χ0n) is 20.6. The molecule has 1 fully saturated rings. The van der Waals surface area contributed by atoms with Crippen molar-refractivity contribution >= 4 is 29.2 Å². The standard InChI is InChI=1S/C28H28FN3O5/c1-3-16-37-24-12-8-21(9-13-24)30-26(33)17-25-27(34)32(22-10-14-23(36-2)15-11-22)28(35)31(25)18-19-4-6-20(29)7-5-19/h4-15,25H,3,16-18H2,1-2H3,(H,30,33)/t25-/m1/s1. The molecule has 0 spiro atoms. The number of anilines is 2. The zero-order valence-corrected chi connectivity index (χ0v) is 20.6. The molecular formula is C28H28FN3O5. The van der Waals surface area contributed by atoms with Crippen LogP contribution < -0.4 is 19.7 Å². The first-order valence-corrected chi connectivity index (χ1v) is 12.0. The van der Waals surface area contributed by atoms with E-state index >= 15 is 0 Å². The fraction of sp³-hybridized carbons (Fsp3) is 0.250. The number of urea groups is 1. The Kier molecular flexibility index (Phi) is 8.02. The van der Waals surface area contributed by atoms with Gasteiger partial charge in [-0.3, -0.25) is 9.59 Å². The first kappa shape index (κ1) is 25.7. The van der Waals surface area contributed by atoms with E-state index in [9.17, 15) is 18.8 Å². The molecule has 0 saturated carbocycles. The molecule has 1 aliphatic rings. The lowest BCUT2D eigenvalue weighted by molar-refractivity contribution is -0.124. The van der Waals surface area contributed by atoms with Gasteiger partial charge in [0.05, 0.1) is 25.8 Å². The highest BCUT2D eigenvalue weighted by atomic mass is 19.1. The average molecular weight is 506 g/mol. The highest BCUT2D eigenvalue weighted by molar-refractivity contribution is 6.22. The molecule has 1 N–H and O–H groups in total. The minimum Gasteiger partial charge on any atom is -0.497 e. The maximum Gasteiger partial charge on any atom is 0.332 e. The molecular weight excluding hydrogens is 477 g/mol. The van der Waals surface area contributed by atoms with Gasteiger partial charge in [0.1, 0.15) is 23.4 Å². The normalized spacial score (nSPS) is 15.2. The number of hydrogen-bond donors (Lipinski definition) is 1. The second kappa shape index (κ2) is 11.6. The van der Waals surface area contributed by atoms with Gasteiger partial charge in [0.15, 0.2) is 0 Å². The van der Waals surface area contributed by atoms with Crippen LogP contribution in [0.3, 0.4) is 0 Å². The van der Waals surface area contributed by atoms with Crippen molar-refractivity contribution in [1.82, 2.24) is 4.90 Å². The van der Waals surface area contributed by atoms with Gasteiger partial charge in [0.25, 0.3) is 5.91 Å². The third-order valence-electron chi connectivity index (χ3n) is 5.91. The van der Waals surface area contributed by atoms with Crippen molar-refractivity contribution in [1.29, 1.82) is 0 Å². The first-order valence-electron chi connectivity index (χ1n) is 12.0. The topological polar surface area (TPSA) is 88.2 Å². The Bertz CT molecular complexity index is 1250. The molecule has 0 unspecified atom stereocenters. The van der Waals surface area contributed by atoms with Gasteiger partial charge < -0.3 is 19.7 Å². The molecule has 1 saturated heterocycles. The number of rotatable bonds is 10. The molecule has 1 heterocycles. The van der Waals surface area contributed by atoms with Crippen LogP contribution in [0, 0.1) is 5.82 Å². The van der Waals surface area contributed by atoms with Gasteiger partial charge in [-0.1, -0.05) is 19.1 Å². The average Bonchev–Trinajstić information content (AvgIpc) is 3.13. The summed E-state index contributed by atoms with van der Waals surface area (Å²) in [7, 11) is 1.52. The molecule has 9 heteroatoms. The van der Waals surface area contributed by atoms with E-state index in [-0.39, 0.29) is 13.0 Å². The molecule has 8 nitrogen and oxygen atoms in total. The van der Waals surface area contributed by atoms with Crippen molar-refractivity contribution in [3.8, 4) is 11.5 Å². The Hall–Kier alpha value is -4.40. The van der Waals surface area contributed by atoms with E-state index in [1.165, 1.54) is 24.1 Å². The number of carbonyl (C=O) groups is 3. The van der Waals surface area contributed by atoms with Crippen LogP contribution in [0.2, 0.25) is 0 Å². The minimum absolute atomic E-state index is 0.0406. The monoisotopic (exact) mass is 505 g/mol. The summed E-state index contributed by atoms with van der Waals surface area (Å²) in [5.74, 6) is -0.0793. The van der Waals surface area contributed by atoms with Gasteiger partial charge in [-0.25, -0.2) is 14.1 Å². The first-order chi connectivity index (χ1) is 17.9. The lowest BCUT2D eigenvalue weighted by atomic mass is 10.1. The quantitative estimate of drug-likeness (QED) is 0.392. The fourth-order valence-electron chi connectivity index (χ4n) is 4.01. The van der Waals surface area contributed by atoms with Gasteiger partial charge >= 0.3 is 6.03 Å². The summed E-state index contributed by atoms with van der Waals surface area (Å²) in [6, 6.07) is 17.5. The number of ether oxygens (including phenoxy) is 2. The molecule has 1 aliphatic heterocycles. The number of amides is 4. The zero-order chi connectivity index (χ0) is 26.4. The molecule has 3 aromatic carbocycles. The maximum atomic E-state index is 13.4. The largest absolute Gasteiger partial charge is 0.497 e. The Morgan fingerprint density at radius 2 is 1.59 bits per heavy atom. The van der Waals surface area contributed by atoms with Crippen molar-refractivity contribution in [2.45, 2.75) is 32.4 Å². The van der Waals surface area contributed by atoms with Crippen LogP contribution >= 0.6 is 0 Å². The van der Waals surface area contributed by atoms with Crippen LogP contribution in [0.1, 0.15) is 25.3 Å². The van der Waals surface area contributed by atoms with Crippen molar-refractivity contribution < 1.29 is 28.2 Å². The van der Waals surface area contributed by atoms with E-state index in [2.05, 4.69) is 5.32 Å². The summed E-state index contributed by atoms with van der Waals surface area (Å²) in [6.07, 6.45) is 0.640. The SMILES string of the molecule is CCCOc1ccc(NC(=O)C[C@@H]2C(=O)N(c3ccc(OC)cc3)C(=O)N2Cc2ccc(F)cc2)cc1. The van der Waals surface area contributed by atoms with Crippen molar-refractivity contribution in [2.24, 2.45) is 0 Å². The summed E-state index contributed by atoms with van der Waals surface area (Å²) in [4.78, 5) is 42.2. The highest BCUT2D eigenvalue weighted by Crippen LogP contribution is 2.30. The minimum atomic E-state index is -1.04. The summed E-state index contributed by atoms with van der Waals surface area (Å²) >= 11 is 0. The molecule has 0 bridgehead atoms. The van der Waals surface area contributed by atoms with Gasteiger partial charge in [-0.05, 0) is 72.6 Å². The predicted molar refractivity (Wildman–Crippen MR) is 137 cm³/mol. The third-order valence-corrected chi connectivity index (χ3v) is 5.91.